The number of Topliss-reactive ketones (excluding diaryl/α,β-unsaturated/α-hetero) is 1. The van der Waals surface area contributed by atoms with E-state index in [-0.39, 0.29) is 11.2 Å². The second-order valence-electron chi connectivity index (χ2n) is 5.57. The third kappa shape index (κ3) is 2.54. The molecule has 0 saturated carbocycles. The lowest BCUT2D eigenvalue weighted by Gasteiger charge is -2.13. The Balaban J connectivity index is 2.44. The lowest BCUT2D eigenvalue weighted by Crippen LogP contribution is -2.12. The highest BCUT2D eigenvalue weighted by Crippen LogP contribution is 2.23. The van der Waals surface area contributed by atoms with Crippen molar-refractivity contribution >= 4 is 16.8 Å². The zero-order valence-electron chi connectivity index (χ0n) is 10.8. The average molecular weight is 230 g/mol. The van der Waals surface area contributed by atoms with Gasteiger partial charge in [-0.2, -0.15) is 0 Å². The summed E-state index contributed by atoms with van der Waals surface area (Å²) in [4.78, 5) is 19.0. The molecule has 0 unspecified atom stereocenters. The molecule has 0 aliphatic rings. The SMILES string of the molecule is CC(=O)Cc1ccc2nc(C(C)(C)C)[nH]c2c1. The van der Waals surface area contributed by atoms with Crippen molar-refractivity contribution in [3.05, 3.63) is 29.6 Å². The van der Waals surface area contributed by atoms with E-state index < -0.39 is 0 Å². The van der Waals surface area contributed by atoms with E-state index in [1.165, 1.54) is 0 Å². The molecule has 2 aromatic rings. The normalized spacial score (nSPS) is 12.0. The predicted octanol–water partition coefficient (Wildman–Crippen LogP) is 2.99. The molecule has 1 heterocycles. The maximum atomic E-state index is 11.1. The number of benzene rings is 1. The first-order chi connectivity index (χ1) is 7.86. The summed E-state index contributed by atoms with van der Waals surface area (Å²) in [7, 11) is 0. The first-order valence-corrected chi connectivity index (χ1v) is 5.85. The van der Waals surface area contributed by atoms with Crippen LogP contribution in [0.3, 0.4) is 0 Å². The van der Waals surface area contributed by atoms with Crippen LogP contribution in [0.25, 0.3) is 11.0 Å². The van der Waals surface area contributed by atoms with Crippen molar-refractivity contribution in [1.29, 1.82) is 0 Å². The van der Waals surface area contributed by atoms with Gasteiger partial charge in [0.2, 0.25) is 0 Å². The van der Waals surface area contributed by atoms with Crippen molar-refractivity contribution in [1.82, 2.24) is 9.97 Å². The molecule has 0 aliphatic carbocycles. The summed E-state index contributed by atoms with van der Waals surface area (Å²) in [5, 5.41) is 0. The standard InChI is InChI=1S/C14H18N2O/c1-9(17)7-10-5-6-11-12(8-10)16-13(15-11)14(2,3)4/h5-6,8H,7H2,1-4H3,(H,15,16). The minimum absolute atomic E-state index is 0.0136. The molecule has 1 aromatic carbocycles. The number of carbonyl (C=O) groups excluding carboxylic acids is 1. The van der Waals surface area contributed by atoms with Crippen molar-refractivity contribution < 1.29 is 4.79 Å². The van der Waals surface area contributed by atoms with Crippen molar-refractivity contribution in [2.75, 3.05) is 0 Å². The van der Waals surface area contributed by atoms with Crippen molar-refractivity contribution in [3.63, 3.8) is 0 Å². The monoisotopic (exact) mass is 230 g/mol. The third-order valence-electron chi connectivity index (χ3n) is 2.71. The van der Waals surface area contributed by atoms with E-state index in [1.807, 2.05) is 18.2 Å². The largest absolute Gasteiger partial charge is 0.342 e. The van der Waals surface area contributed by atoms with Gasteiger partial charge in [0.05, 0.1) is 11.0 Å². The number of fused-ring (bicyclic) bond motifs is 1. The number of carbonyl (C=O) groups is 1. The van der Waals surface area contributed by atoms with Gasteiger partial charge in [0.15, 0.2) is 0 Å². The van der Waals surface area contributed by atoms with E-state index in [1.54, 1.807) is 6.92 Å². The minimum Gasteiger partial charge on any atom is -0.342 e. The number of imidazole rings is 1. The molecule has 2 rings (SSSR count). The van der Waals surface area contributed by atoms with Gasteiger partial charge in [-0.3, -0.25) is 4.79 Å². The number of hydrogen-bond donors (Lipinski definition) is 1. The Labute approximate surface area is 101 Å². The van der Waals surface area contributed by atoms with E-state index in [4.69, 9.17) is 0 Å². The van der Waals surface area contributed by atoms with Crippen LogP contribution in [-0.2, 0) is 16.6 Å². The summed E-state index contributed by atoms with van der Waals surface area (Å²) in [5.74, 6) is 1.16. The predicted molar refractivity (Wildman–Crippen MR) is 69.2 cm³/mol. The van der Waals surface area contributed by atoms with Crippen LogP contribution in [0, 0.1) is 0 Å². The van der Waals surface area contributed by atoms with Crippen LogP contribution in [0.4, 0.5) is 0 Å². The number of H-pyrrole nitrogens is 1. The molecule has 90 valence electrons. The van der Waals surface area contributed by atoms with Crippen LogP contribution in [0.1, 0.15) is 39.1 Å². The van der Waals surface area contributed by atoms with Crippen molar-refractivity contribution in [2.24, 2.45) is 0 Å². The summed E-state index contributed by atoms with van der Waals surface area (Å²) in [6.07, 6.45) is 0.486. The van der Waals surface area contributed by atoms with Crippen LogP contribution in [0.5, 0.6) is 0 Å². The van der Waals surface area contributed by atoms with Gasteiger partial charge < -0.3 is 4.98 Å². The number of ketones is 1. The molecule has 0 spiro atoms. The Morgan fingerprint density at radius 2 is 2.06 bits per heavy atom. The van der Waals surface area contributed by atoms with Crippen LogP contribution in [0.15, 0.2) is 18.2 Å². The van der Waals surface area contributed by atoms with Crippen LogP contribution in [-0.4, -0.2) is 15.8 Å². The van der Waals surface area contributed by atoms with Gasteiger partial charge in [0.1, 0.15) is 11.6 Å². The zero-order chi connectivity index (χ0) is 12.6. The Kier molecular flexibility index (Phi) is 2.77. The Morgan fingerprint density at radius 1 is 1.35 bits per heavy atom. The Bertz CT molecular complexity index is 561. The summed E-state index contributed by atoms with van der Waals surface area (Å²) >= 11 is 0. The molecule has 0 bridgehead atoms. The molecule has 0 atom stereocenters. The van der Waals surface area contributed by atoms with E-state index in [9.17, 15) is 4.79 Å². The second kappa shape index (κ2) is 3.99. The zero-order valence-corrected chi connectivity index (χ0v) is 10.8. The second-order valence-corrected chi connectivity index (χ2v) is 5.57. The summed E-state index contributed by atoms with van der Waals surface area (Å²) in [6, 6.07) is 5.95. The highest BCUT2D eigenvalue weighted by Gasteiger charge is 2.18. The molecule has 1 N–H and O–H groups in total. The fourth-order valence-corrected chi connectivity index (χ4v) is 1.81. The van der Waals surface area contributed by atoms with E-state index in [2.05, 4.69) is 30.7 Å². The quantitative estimate of drug-likeness (QED) is 0.862. The lowest BCUT2D eigenvalue weighted by molar-refractivity contribution is -0.116. The van der Waals surface area contributed by atoms with Gasteiger partial charge in [0, 0.05) is 11.8 Å². The fourth-order valence-electron chi connectivity index (χ4n) is 1.81. The fraction of sp³-hybridized carbons (Fsp3) is 0.429. The smallest absolute Gasteiger partial charge is 0.134 e. The number of nitrogens with zero attached hydrogens (tertiary/aromatic N) is 1. The maximum Gasteiger partial charge on any atom is 0.134 e. The maximum absolute atomic E-state index is 11.1. The van der Waals surface area contributed by atoms with Gasteiger partial charge in [-0.15, -0.1) is 0 Å². The van der Waals surface area contributed by atoms with Gasteiger partial charge >= 0.3 is 0 Å². The number of aromatic amines is 1. The third-order valence-corrected chi connectivity index (χ3v) is 2.71. The van der Waals surface area contributed by atoms with Crippen LogP contribution >= 0.6 is 0 Å². The highest BCUT2D eigenvalue weighted by molar-refractivity contribution is 5.81. The van der Waals surface area contributed by atoms with Crippen molar-refractivity contribution in [3.8, 4) is 0 Å². The van der Waals surface area contributed by atoms with Gasteiger partial charge in [-0.25, -0.2) is 4.98 Å². The first-order valence-electron chi connectivity index (χ1n) is 5.85. The topological polar surface area (TPSA) is 45.8 Å². The number of nitrogens with one attached hydrogen (secondary N) is 1. The molecule has 3 nitrogen and oxygen atoms in total. The molecule has 0 radical (unpaired) electrons. The molecule has 1 aromatic heterocycles. The summed E-state index contributed by atoms with van der Waals surface area (Å²) in [6.45, 7) is 7.99. The highest BCUT2D eigenvalue weighted by atomic mass is 16.1. The molecule has 0 amide bonds. The van der Waals surface area contributed by atoms with E-state index in [0.29, 0.717) is 6.42 Å². The Morgan fingerprint density at radius 3 is 2.65 bits per heavy atom. The molecule has 0 aliphatic heterocycles. The minimum atomic E-state index is 0.0136. The molecular weight excluding hydrogens is 212 g/mol. The number of aromatic nitrogens is 2. The molecule has 3 heteroatoms. The lowest BCUT2D eigenvalue weighted by atomic mass is 9.96. The van der Waals surface area contributed by atoms with Crippen LogP contribution in [0.2, 0.25) is 0 Å². The number of rotatable bonds is 2. The Hall–Kier alpha value is -1.64. The van der Waals surface area contributed by atoms with Crippen molar-refractivity contribution in [2.45, 2.75) is 39.5 Å². The molecule has 17 heavy (non-hydrogen) atoms. The number of hydrogen-bond acceptors (Lipinski definition) is 2. The van der Waals surface area contributed by atoms with Gasteiger partial charge in [-0.1, -0.05) is 26.8 Å². The van der Waals surface area contributed by atoms with Gasteiger partial charge in [-0.05, 0) is 24.6 Å². The average Bonchev–Trinajstić information content (AvgIpc) is 2.58. The molecule has 0 fully saturated rings. The molecule has 0 saturated heterocycles. The van der Waals surface area contributed by atoms with Gasteiger partial charge in [0.25, 0.3) is 0 Å². The first kappa shape index (κ1) is 11.8. The summed E-state index contributed by atoms with van der Waals surface area (Å²) < 4.78 is 0. The van der Waals surface area contributed by atoms with E-state index >= 15 is 0 Å². The molecular formula is C14H18N2O. The van der Waals surface area contributed by atoms with Crippen LogP contribution < -0.4 is 0 Å². The van der Waals surface area contributed by atoms with E-state index in [0.717, 1.165) is 22.4 Å². The summed E-state index contributed by atoms with van der Waals surface area (Å²) in [5.41, 5.74) is 3.02.